The molecular formula is C11H15NO. The Bertz CT molecular complexity index is 272. The molecule has 1 fully saturated rings. The Labute approximate surface area is 79.1 Å². The van der Waals surface area contributed by atoms with Gasteiger partial charge >= 0.3 is 0 Å². The predicted molar refractivity (Wildman–Crippen MR) is 54.8 cm³/mol. The highest BCUT2D eigenvalue weighted by atomic mass is 16.1. The Hall–Kier alpha value is -1.18. The van der Waals surface area contributed by atoms with Crippen molar-refractivity contribution in [2.75, 3.05) is 0 Å². The third-order valence-corrected chi connectivity index (χ3v) is 2.20. The lowest BCUT2D eigenvalue weighted by Crippen LogP contribution is -2.05. The van der Waals surface area contributed by atoms with E-state index >= 15 is 0 Å². The van der Waals surface area contributed by atoms with Gasteiger partial charge in [-0.25, -0.2) is 0 Å². The number of hydrogen-bond acceptors (Lipinski definition) is 2. The van der Waals surface area contributed by atoms with Gasteiger partial charge in [0.2, 0.25) is 0 Å². The van der Waals surface area contributed by atoms with Gasteiger partial charge in [-0.1, -0.05) is 20.1 Å². The van der Waals surface area contributed by atoms with Crippen molar-refractivity contribution in [3.05, 3.63) is 24.4 Å². The van der Waals surface area contributed by atoms with Crippen LogP contribution < -0.4 is 0 Å². The summed E-state index contributed by atoms with van der Waals surface area (Å²) in [7, 11) is 0. The molecule has 0 unspecified atom stereocenters. The Balaban J connectivity index is 2.70. The number of aliphatic imine (C=N–C) groups is 1. The minimum absolute atomic E-state index is 0.481. The van der Waals surface area contributed by atoms with Crippen LogP contribution in [0.3, 0.4) is 0 Å². The van der Waals surface area contributed by atoms with Gasteiger partial charge in [0.15, 0.2) is 6.29 Å². The minimum atomic E-state index is 0.481. The number of nitrogens with zero attached hydrogens (tertiary/aromatic N) is 1. The highest BCUT2D eigenvalue weighted by molar-refractivity contribution is 6.36. The Morgan fingerprint density at radius 1 is 1.54 bits per heavy atom. The van der Waals surface area contributed by atoms with E-state index in [2.05, 4.69) is 18.2 Å². The highest BCUT2D eigenvalue weighted by Crippen LogP contribution is 2.36. The molecule has 1 saturated carbocycles. The summed E-state index contributed by atoms with van der Waals surface area (Å²) >= 11 is 0. The van der Waals surface area contributed by atoms with Crippen molar-refractivity contribution < 1.29 is 4.79 Å². The van der Waals surface area contributed by atoms with E-state index in [1.165, 1.54) is 0 Å². The maximum Gasteiger partial charge on any atom is 0.168 e. The molecule has 0 aromatic carbocycles. The molecule has 0 heterocycles. The first-order chi connectivity index (χ1) is 6.19. The van der Waals surface area contributed by atoms with Crippen LogP contribution in [0, 0.1) is 5.92 Å². The number of aldehydes is 1. The first-order valence-corrected chi connectivity index (χ1v) is 4.59. The smallest absolute Gasteiger partial charge is 0.168 e. The van der Waals surface area contributed by atoms with Crippen LogP contribution in [-0.2, 0) is 4.79 Å². The van der Waals surface area contributed by atoms with E-state index in [4.69, 9.17) is 0 Å². The molecule has 0 amide bonds. The fraction of sp³-hybridized carbons (Fsp3) is 0.455. The van der Waals surface area contributed by atoms with Crippen molar-refractivity contribution in [3.63, 3.8) is 0 Å². The summed E-state index contributed by atoms with van der Waals surface area (Å²) in [4.78, 5) is 14.8. The lowest BCUT2D eigenvalue weighted by Gasteiger charge is -2.01. The topological polar surface area (TPSA) is 29.4 Å². The zero-order valence-electron chi connectivity index (χ0n) is 8.05. The van der Waals surface area contributed by atoms with Gasteiger partial charge in [0.25, 0.3) is 0 Å². The van der Waals surface area contributed by atoms with Crippen LogP contribution in [0.5, 0.6) is 0 Å². The van der Waals surface area contributed by atoms with E-state index < -0.39 is 0 Å². The molecule has 0 radical (unpaired) electrons. The number of carbonyl (C=O) groups excluding carboxylic acids is 1. The molecule has 2 heteroatoms. The highest BCUT2D eigenvalue weighted by Gasteiger charge is 2.27. The monoisotopic (exact) mass is 177 g/mol. The third-order valence-electron chi connectivity index (χ3n) is 2.20. The molecule has 1 aliphatic carbocycles. The first-order valence-electron chi connectivity index (χ1n) is 4.59. The van der Waals surface area contributed by atoms with E-state index in [9.17, 15) is 4.79 Å². The van der Waals surface area contributed by atoms with Crippen LogP contribution in [0.2, 0.25) is 0 Å². The fourth-order valence-electron chi connectivity index (χ4n) is 1.06. The van der Waals surface area contributed by atoms with Gasteiger partial charge in [-0.3, -0.25) is 9.79 Å². The quantitative estimate of drug-likeness (QED) is 0.468. The number of hydrogen-bond donors (Lipinski definition) is 0. The maximum absolute atomic E-state index is 10.7. The molecule has 0 aliphatic heterocycles. The zero-order valence-corrected chi connectivity index (χ0v) is 8.05. The fourth-order valence-corrected chi connectivity index (χ4v) is 1.06. The summed E-state index contributed by atoms with van der Waals surface area (Å²) in [5, 5.41) is 0. The van der Waals surface area contributed by atoms with Crippen molar-refractivity contribution in [2.45, 2.75) is 26.2 Å². The maximum atomic E-state index is 10.7. The summed E-state index contributed by atoms with van der Waals surface area (Å²) < 4.78 is 0. The number of carbonyl (C=O) groups is 1. The first kappa shape index (κ1) is 9.90. The standard InChI is InChI=1S/C11H15NO/c1-4-8(2)12-11(7-13)9(3)10-5-6-10/h7,10H,2-6H2,1H3. The third kappa shape index (κ3) is 2.65. The van der Waals surface area contributed by atoms with Crippen LogP contribution in [-0.4, -0.2) is 12.0 Å². The van der Waals surface area contributed by atoms with Gasteiger partial charge in [-0.2, -0.15) is 0 Å². The summed E-state index contributed by atoms with van der Waals surface area (Å²) in [5.41, 5.74) is 2.10. The van der Waals surface area contributed by atoms with Crippen LogP contribution in [0.1, 0.15) is 26.2 Å². The van der Waals surface area contributed by atoms with E-state index in [1.807, 2.05) is 6.92 Å². The SMILES string of the molecule is C=C(CC)N=C(C=O)C(=C)C1CC1. The zero-order chi connectivity index (χ0) is 9.84. The Morgan fingerprint density at radius 3 is 2.54 bits per heavy atom. The number of rotatable bonds is 5. The van der Waals surface area contributed by atoms with Crippen LogP contribution in [0.25, 0.3) is 0 Å². The summed E-state index contributed by atoms with van der Waals surface area (Å²) in [5.74, 6) is 0.494. The van der Waals surface area contributed by atoms with Gasteiger partial charge in [-0.05, 0) is 30.8 Å². The molecule has 1 rings (SSSR count). The van der Waals surface area contributed by atoms with Crippen LogP contribution in [0.15, 0.2) is 29.4 Å². The Kier molecular flexibility index (Phi) is 3.18. The molecule has 0 saturated heterocycles. The van der Waals surface area contributed by atoms with E-state index in [0.29, 0.717) is 11.6 Å². The van der Waals surface area contributed by atoms with Crippen molar-refractivity contribution in [1.29, 1.82) is 0 Å². The molecule has 0 bridgehead atoms. The van der Waals surface area contributed by atoms with Crippen LogP contribution >= 0.6 is 0 Å². The number of allylic oxidation sites excluding steroid dienone is 2. The molecular weight excluding hydrogens is 162 g/mol. The lowest BCUT2D eigenvalue weighted by atomic mass is 10.1. The second-order valence-corrected chi connectivity index (χ2v) is 3.33. The molecule has 13 heavy (non-hydrogen) atoms. The normalized spacial score (nSPS) is 16.8. The van der Waals surface area contributed by atoms with Crippen molar-refractivity contribution >= 4 is 12.0 Å². The van der Waals surface area contributed by atoms with Gasteiger partial charge in [-0.15, -0.1) is 0 Å². The Morgan fingerprint density at radius 2 is 2.15 bits per heavy atom. The molecule has 2 nitrogen and oxygen atoms in total. The lowest BCUT2D eigenvalue weighted by molar-refractivity contribution is -0.102. The summed E-state index contributed by atoms with van der Waals surface area (Å²) in [6.07, 6.45) is 3.84. The van der Waals surface area contributed by atoms with E-state index in [1.54, 1.807) is 0 Å². The van der Waals surface area contributed by atoms with Gasteiger partial charge in [0.1, 0.15) is 5.71 Å². The van der Waals surface area contributed by atoms with Crippen molar-refractivity contribution in [3.8, 4) is 0 Å². The molecule has 1 aliphatic rings. The van der Waals surface area contributed by atoms with Crippen molar-refractivity contribution in [1.82, 2.24) is 0 Å². The second-order valence-electron chi connectivity index (χ2n) is 3.33. The molecule has 70 valence electrons. The molecule has 0 aromatic rings. The van der Waals surface area contributed by atoms with Gasteiger partial charge in [0, 0.05) is 5.70 Å². The predicted octanol–water partition coefficient (Wildman–Crippen LogP) is 2.52. The van der Waals surface area contributed by atoms with Crippen LogP contribution in [0.4, 0.5) is 0 Å². The molecule has 0 N–H and O–H groups in total. The summed E-state index contributed by atoms with van der Waals surface area (Å²) in [6.45, 7) is 9.57. The average molecular weight is 177 g/mol. The second kappa shape index (κ2) is 4.17. The van der Waals surface area contributed by atoms with Gasteiger partial charge < -0.3 is 0 Å². The van der Waals surface area contributed by atoms with Crippen molar-refractivity contribution in [2.24, 2.45) is 10.9 Å². The summed E-state index contributed by atoms with van der Waals surface area (Å²) in [6, 6.07) is 0. The molecule has 0 atom stereocenters. The largest absolute Gasteiger partial charge is 0.296 e. The van der Waals surface area contributed by atoms with Gasteiger partial charge in [0.05, 0.1) is 0 Å². The average Bonchev–Trinajstić information content (AvgIpc) is 2.95. The van der Waals surface area contributed by atoms with E-state index in [-0.39, 0.29) is 0 Å². The molecule has 0 aromatic heterocycles. The minimum Gasteiger partial charge on any atom is -0.296 e. The molecule has 0 spiro atoms. The van der Waals surface area contributed by atoms with E-state index in [0.717, 1.165) is 36.8 Å².